The van der Waals surface area contributed by atoms with Crippen molar-refractivity contribution < 1.29 is 17.7 Å². The molecular formula is C14H32O4Si2. The number of rotatable bonds is 10. The van der Waals surface area contributed by atoms with Gasteiger partial charge in [0.1, 0.15) is 0 Å². The van der Waals surface area contributed by atoms with Gasteiger partial charge in [-0.05, 0) is 26.9 Å². The van der Waals surface area contributed by atoms with Gasteiger partial charge in [-0.3, -0.25) is 0 Å². The molecule has 0 radical (unpaired) electrons. The van der Waals surface area contributed by atoms with Gasteiger partial charge in [-0.1, -0.05) is 12.2 Å². The first-order valence-electron chi connectivity index (χ1n) is 6.96. The number of hydrogen-bond donors (Lipinski definition) is 0. The van der Waals surface area contributed by atoms with Gasteiger partial charge in [0.2, 0.25) is 0 Å². The highest BCUT2D eigenvalue weighted by molar-refractivity contribution is 6.66. The molecule has 0 amide bonds. The average molecular weight is 321 g/mol. The summed E-state index contributed by atoms with van der Waals surface area (Å²) in [6.07, 6.45) is 3.71. The molecule has 0 aromatic heterocycles. The molecule has 0 bridgehead atoms. The maximum Gasteiger partial charge on any atom is 0.338 e. The Morgan fingerprint density at radius 1 is 0.800 bits per heavy atom. The first-order chi connectivity index (χ1) is 9.36. The Balaban J connectivity index is 0. The van der Waals surface area contributed by atoms with Crippen LogP contribution in [0.3, 0.4) is 0 Å². The van der Waals surface area contributed by atoms with Crippen LogP contribution in [-0.4, -0.2) is 44.6 Å². The molecule has 0 aliphatic heterocycles. The lowest BCUT2D eigenvalue weighted by Gasteiger charge is -2.24. The Morgan fingerprint density at radius 2 is 1.15 bits per heavy atom. The molecule has 0 aliphatic carbocycles. The second-order valence-corrected chi connectivity index (χ2v) is 11.3. The van der Waals surface area contributed by atoms with Crippen LogP contribution in [-0.2, 0) is 17.7 Å². The molecule has 6 heteroatoms. The van der Waals surface area contributed by atoms with Gasteiger partial charge >= 0.3 is 17.1 Å². The van der Waals surface area contributed by atoms with Gasteiger partial charge in [-0.2, -0.15) is 0 Å². The Hall–Kier alpha value is -0.246. The summed E-state index contributed by atoms with van der Waals surface area (Å²) in [7, 11) is -0.323. The van der Waals surface area contributed by atoms with Gasteiger partial charge in [0, 0.05) is 39.5 Å². The van der Waals surface area contributed by atoms with Crippen molar-refractivity contribution in [3.05, 3.63) is 25.3 Å². The fourth-order valence-electron chi connectivity index (χ4n) is 1.54. The molecule has 120 valence electrons. The van der Waals surface area contributed by atoms with E-state index in [0.29, 0.717) is 0 Å². The summed E-state index contributed by atoms with van der Waals surface area (Å²) in [5.41, 5.74) is 0. The fourth-order valence-corrected chi connectivity index (χ4v) is 4.63. The van der Waals surface area contributed by atoms with Crippen LogP contribution in [0.2, 0.25) is 25.2 Å². The summed E-state index contributed by atoms with van der Waals surface area (Å²) >= 11 is 0. The van der Waals surface area contributed by atoms with Crippen molar-refractivity contribution >= 4 is 17.1 Å². The molecule has 4 nitrogen and oxygen atoms in total. The summed E-state index contributed by atoms with van der Waals surface area (Å²) in [6.45, 7) is 16.8. The lowest BCUT2D eigenvalue weighted by atomic mass is 10.8. The van der Waals surface area contributed by atoms with E-state index < -0.39 is 17.1 Å². The quantitative estimate of drug-likeness (QED) is 0.452. The maximum atomic E-state index is 5.56. The second-order valence-electron chi connectivity index (χ2n) is 4.53. The summed E-state index contributed by atoms with van der Waals surface area (Å²) in [4.78, 5) is 0. The first kappa shape index (κ1) is 22.0. The van der Waals surface area contributed by atoms with E-state index in [1.54, 1.807) is 14.2 Å². The van der Waals surface area contributed by atoms with E-state index in [9.17, 15) is 0 Å². The Bertz CT molecular complexity index is 250. The zero-order valence-electron chi connectivity index (χ0n) is 14.0. The van der Waals surface area contributed by atoms with Gasteiger partial charge in [0.25, 0.3) is 0 Å². The van der Waals surface area contributed by atoms with E-state index in [1.165, 1.54) is 0 Å². The Morgan fingerprint density at radius 3 is 1.35 bits per heavy atom. The van der Waals surface area contributed by atoms with Crippen LogP contribution in [0.25, 0.3) is 0 Å². The molecule has 0 saturated heterocycles. The van der Waals surface area contributed by atoms with Gasteiger partial charge < -0.3 is 17.7 Å². The predicted molar refractivity (Wildman–Crippen MR) is 90.5 cm³/mol. The number of hydrogen-bond acceptors (Lipinski definition) is 4. The van der Waals surface area contributed by atoms with Crippen LogP contribution in [0.5, 0.6) is 0 Å². The molecule has 0 unspecified atom stereocenters. The topological polar surface area (TPSA) is 36.9 Å². The minimum atomic E-state index is -1.87. The summed E-state index contributed by atoms with van der Waals surface area (Å²) in [5.74, 6) is 0. The van der Waals surface area contributed by atoms with Crippen LogP contribution in [0.15, 0.2) is 25.3 Å². The molecule has 0 saturated carbocycles. The summed E-state index contributed by atoms with van der Waals surface area (Å²) < 4.78 is 21.5. The predicted octanol–water partition coefficient (Wildman–Crippen LogP) is 3.85. The van der Waals surface area contributed by atoms with Gasteiger partial charge in [0.05, 0.1) is 0 Å². The minimum absolute atomic E-state index is 0.733. The fraction of sp³-hybridized carbons (Fsp3) is 0.714. The van der Waals surface area contributed by atoms with E-state index in [0.717, 1.165) is 25.3 Å². The van der Waals surface area contributed by atoms with Gasteiger partial charge in [0.15, 0.2) is 0 Å². The van der Waals surface area contributed by atoms with E-state index in [1.807, 2.05) is 32.5 Å². The molecule has 0 N–H and O–H groups in total. The van der Waals surface area contributed by atoms with Crippen LogP contribution >= 0.6 is 0 Å². The Labute approximate surface area is 127 Å². The molecule has 0 aliphatic rings. The third-order valence-electron chi connectivity index (χ3n) is 2.79. The molecule has 0 aromatic rings. The van der Waals surface area contributed by atoms with Crippen LogP contribution in [0, 0.1) is 0 Å². The van der Waals surface area contributed by atoms with Gasteiger partial charge in [-0.25, -0.2) is 0 Å². The normalized spacial score (nSPS) is 11.5. The molecule has 0 spiro atoms. The highest BCUT2D eigenvalue weighted by Crippen LogP contribution is 2.13. The second kappa shape index (κ2) is 12.5. The SMILES string of the molecule is C=CC[Si](C)(OC)OC.C=CC[Si](C)(OCC)OCC. The molecule has 0 fully saturated rings. The first-order valence-corrected chi connectivity index (χ1v) is 12.0. The maximum absolute atomic E-state index is 5.56. The van der Waals surface area contributed by atoms with E-state index in [-0.39, 0.29) is 0 Å². The van der Waals surface area contributed by atoms with Crippen molar-refractivity contribution in [2.75, 3.05) is 27.4 Å². The largest absolute Gasteiger partial charge is 0.398 e. The highest BCUT2D eigenvalue weighted by atomic mass is 28.4. The lowest BCUT2D eigenvalue weighted by Crippen LogP contribution is -2.37. The Kier molecular flexibility index (Phi) is 13.8. The van der Waals surface area contributed by atoms with Crippen molar-refractivity contribution in [1.82, 2.24) is 0 Å². The van der Waals surface area contributed by atoms with E-state index in [4.69, 9.17) is 17.7 Å². The van der Waals surface area contributed by atoms with Crippen molar-refractivity contribution in [3.8, 4) is 0 Å². The van der Waals surface area contributed by atoms with Crippen LogP contribution in [0.4, 0.5) is 0 Å². The minimum Gasteiger partial charge on any atom is -0.398 e. The van der Waals surface area contributed by atoms with Crippen LogP contribution in [0.1, 0.15) is 13.8 Å². The molecular weight excluding hydrogens is 288 g/mol. The monoisotopic (exact) mass is 320 g/mol. The van der Waals surface area contributed by atoms with E-state index >= 15 is 0 Å². The van der Waals surface area contributed by atoms with Crippen molar-refractivity contribution in [1.29, 1.82) is 0 Å². The van der Waals surface area contributed by atoms with Crippen molar-refractivity contribution in [3.63, 3.8) is 0 Å². The molecule has 0 aromatic carbocycles. The third kappa shape index (κ3) is 10.5. The molecule has 0 heterocycles. The average Bonchev–Trinajstić information content (AvgIpc) is 2.40. The molecule has 0 rings (SSSR count). The van der Waals surface area contributed by atoms with Crippen molar-refractivity contribution in [2.45, 2.75) is 39.0 Å². The van der Waals surface area contributed by atoms with E-state index in [2.05, 4.69) is 19.7 Å². The van der Waals surface area contributed by atoms with Gasteiger partial charge in [-0.15, -0.1) is 13.2 Å². The smallest absolute Gasteiger partial charge is 0.338 e. The number of allylic oxidation sites excluding steroid dienone is 2. The zero-order chi connectivity index (χ0) is 16.1. The van der Waals surface area contributed by atoms with Crippen LogP contribution < -0.4 is 0 Å². The lowest BCUT2D eigenvalue weighted by molar-refractivity contribution is 0.192. The molecule has 0 atom stereocenters. The highest BCUT2D eigenvalue weighted by Gasteiger charge is 2.28. The summed E-state index contributed by atoms with van der Waals surface area (Å²) in [6, 6.07) is 1.72. The zero-order valence-corrected chi connectivity index (χ0v) is 16.0. The standard InChI is InChI=1S/C8H18O2Si.C6H14O2Si/c1-5-8-11(4,9-6-2)10-7-3;1-5-6-9(4,7-2)8-3/h5H,1,6-8H2,2-4H3;5H,1,6H2,2-4H3. The molecule has 20 heavy (non-hydrogen) atoms. The van der Waals surface area contributed by atoms with Crippen molar-refractivity contribution in [2.24, 2.45) is 0 Å². The third-order valence-corrected chi connectivity index (χ3v) is 8.38. The summed E-state index contributed by atoms with van der Waals surface area (Å²) in [5, 5.41) is 0.